The summed E-state index contributed by atoms with van der Waals surface area (Å²) in [6.45, 7) is 1.40. The zero-order valence-electron chi connectivity index (χ0n) is 23.5. The molecule has 44 heavy (non-hydrogen) atoms. The molecule has 2 aromatic carbocycles. The number of nitrogens with two attached hydrogens (primary N) is 1. The lowest BCUT2D eigenvalue weighted by Crippen LogP contribution is -2.51. The second kappa shape index (κ2) is 10.9. The van der Waals surface area contributed by atoms with Crippen molar-refractivity contribution in [2.45, 2.75) is 31.0 Å². The van der Waals surface area contributed by atoms with Gasteiger partial charge in [-0.1, -0.05) is 11.6 Å². The number of pyridine rings is 2. The maximum absolute atomic E-state index is 14.7. The Labute approximate surface area is 253 Å². The highest BCUT2D eigenvalue weighted by molar-refractivity contribution is 6.30. The minimum Gasteiger partial charge on any atom is -0.494 e. The minimum atomic E-state index is -5.37. The van der Waals surface area contributed by atoms with Gasteiger partial charge >= 0.3 is 6.18 Å². The summed E-state index contributed by atoms with van der Waals surface area (Å²) in [6.07, 6.45) is -5.37. The number of nitrogens with one attached hydrogen (secondary N) is 1. The Kier molecular flexibility index (Phi) is 7.67. The number of methoxy groups -OCH3 is 1. The van der Waals surface area contributed by atoms with Crippen LogP contribution in [0.2, 0.25) is 5.15 Å². The van der Waals surface area contributed by atoms with Gasteiger partial charge in [0.25, 0.3) is 5.91 Å². The highest BCUT2D eigenvalue weighted by atomic mass is 35.5. The van der Waals surface area contributed by atoms with Crippen LogP contribution >= 0.6 is 11.6 Å². The third kappa shape index (κ3) is 5.15. The van der Waals surface area contributed by atoms with Crippen LogP contribution in [0.15, 0.2) is 48.5 Å². The first-order chi connectivity index (χ1) is 20.6. The van der Waals surface area contributed by atoms with E-state index >= 15 is 0 Å². The fraction of sp³-hybridized carbons (Fsp3) is 0.267. The van der Waals surface area contributed by atoms with Crippen LogP contribution in [0.4, 0.5) is 17.6 Å². The van der Waals surface area contributed by atoms with E-state index in [1.54, 1.807) is 13.0 Å². The van der Waals surface area contributed by atoms with Gasteiger partial charge in [-0.15, -0.1) is 0 Å². The van der Waals surface area contributed by atoms with Crippen LogP contribution in [0.5, 0.6) is 11.5 Å². The van der Waals surface area contributed by atoms with E-state index < -0.39 is 47.1 Å². The number of carbonyl (C=O) groups excluding carboxylic acids is 2. The van der Waals surface area contributed by atoms with Gasteiger partial charge in [-0.2, -0.15) is 13.2 Å². The second-order valence-corrected chi connectivity index (χ2v) is 11.0. The molecule has 4 aromatic rings. The molecule has 2 atom stereocenters. The van der Waals surface area contributed by atoms with Crippen molar-refractivity contribution in [3.05, 3.63) is 81.9 Å². The third-order valence-corrected chi connectivity index (χ3v) is 8.01. The number of aryl methyl sites for hydroxylation is 1. The minimum absolute atomic E-state index is 0.0394. The third-order valence-electron chi connectivity index (χ3n) is 7.63. The Morgan fingerprint density at radius 3 is 2.45 bits per heavy atom. The SMILES string of the molecule is COc1cc(C(=O)NCC(O)(c2cc3c(c(-c4ccc(F)cc4)n2)OC[C@]3(C)C(N)=O)C(F)(F)F)cc2cc(C)c(Cl)nc12. The van der Waals surface area contributed by atoms with Gasteiger partial charge < -0.3 is 25.6 Å². The van der Waals surface area contributed by atoms with Gasteiger partial charge in [-0.05, 0) is 67.9 Å². The van der Waals surface area contributed by atoms with Crippen LogP contribution in [0.3, 0.4) is 0 Å². The van der Waals surface area contributed by atoms with Crippen LogP contribution in [0, 0.1) is 12.7 Å². The molecular formula is C30H25ClF4N4O5. The molecule has 1 aliphatic heterocycles. The molecule has 230 valence electrons. The molecule has 0 bridgehead atoms. The average molecular weight is 633 g/mol. The molecule has 0 fully saturated rings. The normalized spacial score (nSPS) is 17.5. The van der Waals surface area contributed by atoms with Crippen molar-refractivity contribution in [2.75, 3.05) is 20.3 Å². The summed E-state index contributed by atoms with van der Waals surface area (Å²) in [5.41, 5.74) is 0.0968. The molecule has 14 heteroatoms. The number of carbonyl (C=O) groups is 2. The van der Waals surface area contributed by atoms with Gasteiger partial charge in [0.1, 0.15) is 45.7 Å². The summed E-state index contributed by atoms with van der Waals surface area (Å²) in [4.78, 5) is 33.9. The molecule has 2 amide bonds. The summed E-state index contributed by atoms with van der Waals surface area (Å²) in [5.74, 6) is -2.36. The van der Waals surface area contributed by atoms with Gasteiger partial charge in [0.05, 0.1) is 19.3 Å². The molecule has 3 heterocycles. The lowest BCUT2D eigenvalue weighted by atomic mass is 9.81. The van der Waals surface area contributed by atoms with Crippen molar-refractivity contribution in [1.82, 2.24) is 15.3 Å². The number of amides is 2. The van der Waals surface area contributed by atoms with E-state index in [-0.39, 0.29) is 45.6 Å². The maximum Gasteiger partial charge on any atom is 0.424 e. The number of aromatic nitrogens is 2. The molecule has 0 saturated heterocycles. The van der Waals surface area contributed by atoms with Crippen LogP contribution in [0.1, 0.15) is 34.1 Å². The number of primary amides is 1. The van der Waals surface area contributed by atoms with Crippen molar-refractivity contribution < 1.29 is 41.7 Å². The second-order valence-electron chi connectivity index (χ2n) is 10.6. The Morgan fingerprint density at radius 2 is 1.84 bits per heavy atom. The molecule has 4 N–H and O–H groups in total. The monoisotopic (exact) mass is 632 g/mol. The molecule has 0 saturated carbocycles. The van der Waals surface area contributed by atoms with Gasteiger partial charge in [0.15, 0.2) is 0 Å². The van der Waals surface area contributed by atoms with E-state index in [9.17, 15) is 32.3 Å². The van der Waals surface area contributed by atoms with E-state index in [1.807, 2.05) is 0 Å². The van der Waals surface area contributed by atoms with Gasteiger partial charge in [-0.25, -0.2) is 14.4 Å². The fourth-order valence-electron chi connectivity index (χ4n) is 4.87. The first-order valence-electron chi connectivity index (χ1n) is 13.1. The summed E-state index contributed by atoms with van der Waals surface area (Å²) in [6, 6.07) is 9.85. The molecule has 0 aliphatic carbocycles. The summed E-state index contributed by atoms with van der Waals surface area (Å²) in [5, 5.41) is 14.0. The Balaban J connectivity index is 1.59. The first kappa shape index (κ1) is 31.0. The fourth-order valence-corrected chi connectivity index (χ4v) is 5.01. The van der Waals surface area contributed by atoms with Gasteiger partial charge in [0.2, 0.25) is 11.5 Å². The quantitative estimate of drug-likeness (QED) is 0.198. The standard InChI is InChI=1S/C30H25ClF4N4O5/c1-14-8-16-9-17(10-20(43-3)22(16)39-25(14)31)26(40)37-12-29(42,30(33,34)35)21-11-19-24(44-13-28(19,2)27(36)41)23(38-21)15-4-6-18(32)7-5-15/h4-11,42H,12-13H2,1-3H3,(H2,36,41)(H,37,40)/t28-,29?/m0/s1. The molecule has 0 spiro atoms. The molecule has 1 unspecified atom stereocenters. The van der Waals surface area contributed by atoms with E-state index in [4.69, 9.17) is 26.8 Å². The molecule has 5 rings (SSSR count). The lowest BCUT2D eigenvalue weighted by Gasteiger charge is -2.31. The number of nitrogens with zero attached hydrogens (tertiary/aromatic N) is 2. The molecule has 1 aliphatic rings. The largest absolute Gasteiger partial charge is 0.494 e. The van der Waals surface area contributed by atoms with Crippen LogP contribution in [0.25, 0.3) is 22.2 Å². The Hall–Kier alpha value is -4.49. The zero-order chi connectivity index (χ0) is 32.2. The van der Waals surface area contributed by atoms with Crippen molar-refractivity contribution in [1.29, 1.82) is 0 Å². The van der Waals surface area contributed by atoms with E-state index in [1.165, 1.54) is 38.3 Å². The lowest BCUT2D eigenvalue weighted by molar-refractivity contribution is -0.265. The summed E-state index contributed by atoms with van der Waals surface area (Å²) >= 11 is 6.11. The summed E-state index contributed by atoms with van der Waals surface area (Å²) < 4.78 is 68.7. The van der Waals surface area contributed by atoms with E-state index in [0.717, 1.165) is 18.2 Å². The number of rotatable bonds is 7. The molecule has 0 radical (unpaired) electrons. The van der Waals surface area contributed by atoms with Crippen molar-refractivity contribution in [2.24, 2.45) is 5.73 Å². The maximum atomic E-state index is 14.7. The highest BCUT2D eigenvalue weighted by Gasteiger charge is 2.57. The number of halogens is 5. The van der Waals surface area contributed by atoms with E-state index in [0.29, 0.717) is 16.5 Å². The highest BCUT2D eigenvalue weighted by Crippen LogP contribution is 2.47. The first-order valence-corrected chi connectivity index (χ1v) is 13.4. The van der Waals surface area contributed by atoms with E-state index in [2.05, 4.69) is 15.3 Å². The van der Waals surface area contributed by atoms with Crippen LogP contribution in [-0.2, 0) is 15.8 Å². The number of hydrogen-bond acceptors (Lipinski definition) is 7. The number of fused-ring (bicyclic) bond motifs is 2. The molecule has 2 aromatic heterocycles. The summed E-state index contributed by atoms with van der Waals surface area (Å²) in [7, 11) is 1.33. The average Bonchev–Trinajstić information content (AvgIpc) is 3.33. The number of ether oxygens (including phenoxy) is 2. The Bertz CT molecular complexity index is 1820. The Morgan fingerprint density at radius 1 is 1.16 bits per heavy atom. The smallest absolute Gasteiger partial charge is 0.424 e. The van der Waals surface area contributed by atoms with Crippen molar-refractivity contribution in [3.8, 4) is 22.8 Å². The number of benzene rings is 2. The van der Waals surface area contributed by atoms with Gasteiger partial charge in [-0.3, -0.25) is 9.59 Å². The number of alkyl halides is 3. The van der Waals surface area contributed by atoms with Crippen LogP contribution < -0.4 is 20.5 Å². The van der Waals surface area contributed by atoms with Crippen molar-refractivity contribution in [3.63, 3.8) is 0 Å². The zero-order valence-corrected chi connectivity index (χ0v) is 24.2. The van der Waals surface area contributed by atoms with Crippen molar-refractivity contribution >= 4 is 34.3 Å². The number of aliphatic hydroxyl groups is 1. The number of hydrogen-bond donors (Lipinski definition) is 3. The van der Waals surface area contributed by atoms with Crippen LogP contribution in [-0.4, -0.2) is 53.3 Å². The topological polar surface area (TPSA) is 137 Å². The van der Waals surface area contributed by atoms with Gasteiger partial charge in [0, 0.05) is 22.1 Å². The molecule has 9 nitrogen and oxygen atoms in total. The predicted octanol–water partition coefficient (Wildman–Crippen LogP) is 4.72. The molecular weight excluding hydrogens is 608 g/mol. The predicted molar refractivity (Wildman–Crippen MR) is 152 cm³/mol.